The summed E-state index contributed by atoms with van der Waals surface area (Å²) < 4.78 is 1.09. The second kappa shape index (κ2) is 5.15. The number of hydrogen-bond donors (Lipinski definition) is 0. The molecular weight excluding hydrogens is 236 g/mol. The molecule has 0 atom stereocenters. The molecule has 0 aliphatic carbocycles. The lowest BCUT2D eigenvalue weighted by atomic mass is 10.1. The largest absolute Gasteiger partial charge is 0.238 e. The summed E-state index contributed by atoms with van der Waals surface area (Å²) in [5, 5.41) is 10.7. The molecule has 0 N–H and O–H groups in total. The van der Waals surface area contributed by atoms with E-state index in [9.17, 15) is 0 Å². The molecule has 16 heavy (non-hydrogen) atoms. The number of benzene rings is 1. The molecule has 1 aromatic heterocycles. The number of rotatable bonds is 3. The summed E-state index contributed by atoms with van der Waals surface area (Å²) >= 11 is 3.39. The second-order valence-corrected chi connectivity index (χ2v) is 5.46. The van der Waals surface area contributed by atoms with Crippen molar-refractivity contribution in [3.63, 3.8) is 0 Å². The van der Waals surface area contributed by atoms with Gasteiger partial charge < -0.3 is 0 Å². The van der Waals surface area contributed by atoms with E-state index < -0.39 is 0 Å². The molecule has 1 heterocycles. The van der Waals surface area contributed by atoms with E-state index in [1.807, 2.05) is 36.7 Å². The fourth-order valence-electron chi connectivity index (χ4n) is 1.35. The summed E-state index contributed by atoms with van der Waals surface area (Å²) in [4.78, 5) is 4.22. The Kier molecular flexibility index (Phi) is 3.60. The monoisotopic (exact) mass is 246 g/mol. The Bertz CT molecular complexity index is 512. The van der Waals surface area contributed by atoms with Crippen molar-refractivity contribution in [3.05, 3.63) is 46.5 Å². The van der Waals surface area contributed by atoms with Gasteiger partial charge in [0, 0.05) is 17.3 Å². The Balaban J connectivity index is 2.08. The molecule has 0 aliphatic heterocycles. The third-order valence-corrected chi connectivity index (χ3v) is 4.25. The zero-order valence-electron chi connectivity index (χ0n) is 8.80. The predicted octanol–water partition coefficient (Wildman–Crippen LogP) is 3.62. The maximum atomic E-state index is 8.77. The van der Waals surface area contributed by atoms with Gasteiger partial charge in [-0.15, -0.1) is 11.3 Å². The van der Waals surface area contributed by atoms with Crippen LogP contribution in [0.1, 0.15) is 16.7 Å². The third kappa shape index (κ3) is 2.63. The van der Waals surface area contributed by atoms with Gasteiger partial charge in [-0.05, 0) is 30.2 Å². The molecule has 0 spiro atoms. The Morgan fingerprint density at radius 1 is 1.50 bits per heavy atom. The summed E-state index contributed by atoms with van der Waals surface area (Å²) in [5.74, 6) is 0.908. The maximum Gasteiger partial charge on any atom is 0.150 e. The lowest BCUT2D eigenvalue weighted by Gasteiger charge is -2.04. The molecular formula is C12H10N2S2. The number of thioether (sulfide) groups is 1. The van der Waals surface area contributed by atoms with E-state index in [4.69, 9.17) is 5.26 Å². The van der Waals surface area contributed by atoms with Crippen LogP contribution < -0.4 is 0 Å². The van der Waals surface area contributed by atoms with Gasteiger partial charge in [-0.25, -0.2) is 4.98 Å². The van der Waals surface area contributed by atoms with Crippen LogP contribution in [-0.4, -0.2) is 4.98 Å². The third-order valence-electron chi connectivity index (χ3n) is 2.23. The highest BCUT2D eigenvalue weighted by Crippen LogP contribution is 2.26. The molecule has 80 valence electrons. The fourth-order valence-corrected chi connectivity index (χ4v) is 3.06. The van der Waals surface area contributed by atoms with Crippen molar-refractivity contribution < 1.29 is 0 Å². The van der Waals surface area contributed by atoms with Crippen LogP contribution in [0.25, 0.3) is 0 Å². The molecule has 0 radical (unpaired) electrons. The van der Waals surface area contributed by atoms with Crippen molar-refractivity contribution in [1.29, 1.82) is 5.26 Å². The van der Waals surface area contributed by atoms with E-state index in [1.165, 1.54) is 11.1 Å². The van der Waals surface area contributed by atoms with Crippen LogP contribution in [0, 0.1) is 18.3 Å². The van der Waals surface area contributed by atoms with Gasteiger partial charge in [-0.2, -0.15) is 5.26 Å². The highest BCUT2D eigenvalue weighted by molar-refractivity contribution is 8.00. The number of aromatic nitrogens is 1. The van der Waals surface area contributed by atoms with Crippen LogP contribution >= 0.6 is 23.1 Å². The Morgan fingerprint density at radius 2 is 2.38 bits per heavy atom. The van der Waals surface area contributed by atoms with E-state index in [1.54, 1.807) is 23.1 Å². The van der Waals surface area contributed by atoms with Crippen molar-refractivity contribution in [3.8, 4) is 6.07 Å². The molecule has 0 amide bonds. The lowest BCUT2D eigenvalue weighted by Crippen LogP contribution is -1.87. The van der Waals surface area contributed by atoms with E-state index >= 15 is 0 Å². The van der Waals surface area contributed by atoms with Gasteiger partial charge in [0.15, 0.2) is 0 Å². The van der Waals surface area contributed by atoms with Gasteiger partial charge in [-0.1, -0.05) is 17.8 Å². The van der Waals surface area contributed by atoms with E-state index in [-0.39, 0.29) is 0 Å². The van der Waals surface area contributed by atoms with E-state index in [2.05, 4.69) is 11.1 Å². The molecule has 1 aromatic carbocycles. The summed E-state index contributed by atoms with van der Waals surface area (Å²) in [6.07, 6.45) is 1.82. The SMILES string of the molecule is Cc1cc(C#N)ccc1CSc1nccs1. The van der Waals surface area contributed by atoms with Crippen molar-refractivity contribution in [1.82, 2.24) is 4.98 Å². The molecule has 2 nitrogen and oxygen atoms in total. The molecule has 0 aliphatic rings. The van der Waals surface area contributed by atoms with E-state index in [0.717, 1.165) is 15.7 Å². The van der Waals surface area contributed by atoms with Gasteiger partial charge in [0.2, 0.25) is 0 Å². The summed E-state index contributed by atoms with van der Waals surface area (Å²) in [5.41, 5.74) is 3.16. The number of nitriles is 1. The van der Waals surface area contributed by atoms with Crippen molar-refractivity contribution >= 4 is 23.1 Å². The number of hydrogen-bond acceptors (Lipinski definition) is 4. The highest BCUT2D eigenvalue weighted by atomic mass is 32.2. The van der Waals surface area contributed by atoms with Gasteiger partial charge in [0.1, 0.15) is 4.34 Å². The molecule has 2 rings (SSSR count). The smallest absolute Gasteiger partial charge is 0.150 e. The Labute approximate surface area is 103 Å². The van der Waals surface area contributed by atoms with Gasteiger partial charge in [0.05, 0.1) is 11.6 Å². The molecule has 0 saturated carbocycles. The van der Waals surface area contributed by atoms with Gasteiger partial charge in [0.25, 0.3) is 0 Å². The summed E-state index contributed by atoms with van der Waals surface area (Å²) in [6, 6.07) is 7.96. The van der Waals surface area contributed by atoms with Crippen molar-refractivity contribution in [2.24, 2.45) is 0 Å². The zero-order chi connectivity index (χ0) is 11.4. The molecule has 0 bridgehead atoms. The molecule has 0 fully saturated rings. The van der Waals surface area contributed by atoms with Crippen LogP contribution in [0.15, 0.2) is 34.1 Å². The minimum absolute atomic E-state index is 0.723. The van der Waals surface area contributed by atoms with Gasteiger partial charge >= 0.3 is 0 Å². The lowest BCUT2D eigenvalue weighted by molar-refractivity contribution is 1.23. The highest BCUT2D eigenvalue weighted by Gasteiger charge is 2.02. The molecule has 2 aromatic rings. The van der Waals surface area contributed by atoms with Crippen LogP contribution in [0.5, 0.6) is 0 Å². The summed E-state index contributed by atoms with van der Waals surface area (Å²) in [6.45, 7) is 2.04. The fraction of sp³-hybridized carbons (Fsp3) is 0.167. The van der Waals surface area contributed by atoms with Gasteiger partial charge in [-0.3, -0.25) is 0 Å². The average molecular weight is 246 g/mol. The van der Waals surface area contributed by atoms with Crippen LogP contribution in [-0.2, 0) is 5.75 Å². The first kappa shape index (κ1) is 11.2. The molecule has 0 unspecified atom stereocenters. The first-order chi connectivity index (χ1) is 7.79. The maximum absolute atomic E-state index is 8.77. The Hall–Kier alpha value is -1.31. The normalized spacial score (nSPS) is 10.0. The van der Waals surface area contributed by atoms with Crippen molar-refractivity contribution in [2.75, 3.05) is 0 Å². The quantitative estimate of drug-likeness (QED) is 0.776. The molecule has 0 saturated heterocycles. The van der Waals surface area contributed by atoms with Crippen LogP contribution in [0.2, 0.25) is 0 Å². The summed E-state index contributed by atoms with van der Waals surface area (Å²) in [7, 11) is 0. The predicted molar refractivity (Wildman–Crippen MR) is 67.6 cm³/mol. The zero-order valence-corrected chi connectivity index (χ0v) is 10.4. The molecule has 4 heteroatoms. The van der Waals surface area contributed by atoms with Crippen LogP contribution in [0.4, 0.5) is 0 Å². The first-order valence-electron chi connectivity index (χ1n) is 4.81. The topological polar surface area (TPSA) is 36.7 Å². The number of thiazole rings is 1. The first-order valence-corrected chi connectivity index (χ1v) is 6.68. The Morgan fingerprint density at radius 3 is 3.00 bits per heavy atom. The second-order valence-electron chi connectivity index (χ2n) is 3.34. The van der Waals surface area contributed by atoms with Crippen molar-refractivity contribution in [2.45, 2.75) is 17.0 Å². The number of aryl methyl sites for hydroxylation is 1. The minimum atomic E-state index is 0.723. The van der Waals surface area contributed by atoms with E-state index in [0.29, 0.717) is 0 Å². The minimum Gasteiger partial charge on any atom is -0.238 e. The number of nitrogens with zero attached hydrogens (tertiary/aromatic N) is 2. The average Bonchev–Trinajstić information content (AvgIpc) is 2.80. The van der Waals surface area contributed by atoms with Crippen LogP contribution in [0.3, 0.4) is 0 Å². The standard InChI is InChI=1S/C12H10N2S2/c1-9-6-10(7-13)2-3-11(9)8-16-12-14-4-5-15-12/h2-6H,8H2,1H3.